The summed E-state index contributed by atoms with van der Waals surface area (Å²) in [5.74, 6) is -1.73. The van der Waals surface area contributed by atoms with Gasteiger partial charge < -0.3 is 16.8 Å². The van der Waals surface area contributed by atoms with E-state index in [4.69, 9.17) is 11.5 Å². The molecule has 150 valence electrons. The Kier molecular flexibility index (Phi) is 4.34. The number of carbonyl (C=O) groups is 1. The molecule has 3 atom stereocenters. The van der Waals surface area contributed by atoms with Crippen LogP contribution >= 0.6 is 0 Å². The second-order valence-electron chi connectivity index (χ2n) is 7.42. The molecule has 29 heavy (non-hydrogen) atoms. The van der Waals surface area contributed by atoms with E-state index in [1.54, 1.807) is 30.8 Å². The van der Waals surface area contributed by atoms with Crippen molar-refractivity contribution < 1.29 is 13.6 Å². The van der Waals surface area contributed by atoms with Crippen molar-refractivity contribution in [2.24, 2.45) is 18.5 Å². The fourth-order valence-electron chi connectivity index (χ4n) is 4.20. The molecule has 9 heteroatoms. The van der Waals surface area contributed by atoms with Gasteiger partial charge in [-0.3, -0.25) is 9.48 Å². The molecule has 7 nitrogen and oxygen atoms in total. The van der Waals surface area contributed by atoms with Crippen LogP contribution in [0.5, 0.6) is 0 Å². The molecule has 0 spiro atoms. The van der Waals surface area contributed by atoms with Gasteiger partial charge in [0.05, 0.1) is 17.5 Å². The van der Waals surface area contributed by atoms with Crippen molar-refractivity contribution in [1.29, 1.82) is 0 Å². The highest BCUT2D eigenvalue weighted by atomic mass is 19.1. The highest BCUT2D eigenvalue weighted by molar-refractivity contribution is 5.97. The first-order valence-corrected chi connectivity index (χ1v) is 8.98. The minimum Gasteiger partial charge on any atom is -0.377 e. The van der Waals surface area contributed by atoms with Gasteiger partial charge in [-0.15, -0.1) is 0 Å². The molecule has 1 aliphatic heterocycles. The number of aryl methyl sites for hydroxylation is 1. The fourth-order valence-corrected chi connectivity index (χ4v) is 4.20. The van der Waals surface area contributed by atoms with E-state index in [-0.39, 0.29) is 11.4 Å². The zero-order valence-corrected chi connectivity index (χ0v) is 15.9. The molecule has 1 aliphatic rings. The van der Waals surface area contributed by atoms with Gasteiger partial charge in [0, 0.05) is 23.9 Å². The number of rotatable bonds is 3. The standard InChI is InChI=1S/C20H20F2N6O/c1-20(24)15-13(18(23)29)7-12(22)8-14(15)27-17(10-3-5-11(21)6-4-10)16(20)19-25-9-26-28(19)2/h3-9,16-17,27H,24H2,1-2H3,(H2,23,29)/t16-,17+,20?/m0/s1. The summed E-state index contributed by atoms with van der Waals surface area (Å²) in [5.41, 5.74) is 12.7. The molecular formula is C20H20F2N6O. The van der Waals surface area contributed by atoms with E-state index in [0.717, 1.165) is 11.6 Å². The quantitative estimate of drug-likeness (QED) is 0.627. The van der Waals surface area contributed by atoms with Gasteiger partial charge in [0.25, 0.3) is 0 Å². The summed E-state index contributed by atoms with van der Waals surface area (Å²) < 4.78 is 29.3. The van der Waals surface area contributed by atoms with Crippen molar-refractivity contribution in [1.82, 2.24) is 14.8 Å². The maximum atomic E-state index is 14.2. The summed E-state index contributed by atoms with van der Waals surface area (Å²) in [4.78, 5) is 16.4. The molecule has 0 bridgehead atoms. The molecule has 3 aromatic rings. The number of primary amides is 1. The molecule has 5 N–H and O–H groups in total. The van der Waals surface area contributed by atoms with E-state index >= 15 is 0 Å². The molecule has 4 rings (SSSR count). The molecule has 2 aromatic carbocycles. The number of nitrogens with zero attached hydrogens (tertiary/aromatic N) is 3. The van der Waals surface area contributed by atoms with Crippen molar-refractivity contribution in [3.63, 3.8) is 0 Å². The smallest absolute Gasteiger partial charge is 0.249 e. The monoisotopic (exact) mass is 398 g/mol. The highest BCUT2D eigenvalue weighted by Crippen LogP contribution is 2.51. The van der Waals surface area contributed by atoms with Crippen LogP contribution in [-0.4, -0.2) is 20.7 Å². The lowest BCUT2D eigenvalue weighted by molar-refractivity contribution is 0.0996. The number of fused-ring (bicyclic) bond motifs is 1. The average molecular weight is 398 g/mol. The van der Waals surface area contributed by atoms with E-state index in [1.807, 2.05) is 0 Å². The van der Waals surface area contributed by atoms with E-state index < -0.39 is 29.2 Å². The molecule has 0 fully saturated rings. The first-order chi connectivity index (χ1) is 13.7. The van der Waals surface area contributed by atoms with Gasteiger partial charge in [-0.25, -0.2) is 13.8 Å². The van der Waals surface area contributed by atoms with E-state index in [1.165, 1.54) is 24.5 Å². The van der Waals surface area contributed by atoms with Crippen LogP contribution in [0.2, 0.25) is 0 Å². The number of benzene rings is 2. The van der Waals surface area contributed by atoms with Gasteiger partial charge in [0.1, 0.15) is 23.8 Å². The van der Waals surface area contributed by atoms with E-state index in [9.17, 15) is 13.6 Å². The van der Waals surface area contributed by atoms with Crippen LogP contribution in [0, 0.1) is 11.6 Å². The first kappa shape index (κ1) is 19.0. The molecule has 2 heterocycles. The van der Waals surface area contributed by atoms with Gasteiger partial charge in [-0.05, 0) is 36.8 Å². The third kappa shape index (κ3) is 3.03. The number of nitrogens with two attached hydrogens (primary N) is 2. The van der Waals surface area contributed by atoms with Crippen LogP contribution in [0.3, 0.4) is 0 Å². The van der Waals surface area contributed by atoms with Gasteiger partial charge >= 0.3 is 0 Å². The Morgan fingerprint density at radius 1 is 1.21 bits per heavy atom. The predicted molar refractivity (Wildman–Crippen MR) is 103 cm³/mol. The van der Waals surface area contributed by atoms with E-state index in [2.05, 4.69) is 15.4 Å². The predicted octanol–water partition coefficient (Wildman–Crippen LogP) is 2.32. The third-order valence-electron chi connectivity index (χ3n) is 5.45. The number of nitrogens with one attached hydrogen (secondary N) is 1. The highest BCUT2D eigenvalue weighted by Gasteiger charge is 2.48. The number of halogens is 2. The van der Waals surface area contributed by atoms with Crippen LogP contribution in [0.4, 0.5) is 14.5 Å². The Morgan fingerprint density at radius 2 is 1.90 bits per heavy atom. The number of hydrogen-bond donors (Lipinski definition) is 3. The number of anilines is 1. The van der Waals surface area contributed by atoms with Crippen LogP contribution in [0.15, 0.2) is 42.7 Å². The Labute approximate surface area is 165 Å². The average Bonchev–Trinajstić information content (AvgIpc) is 3.06. The summed E-state index contributed by atoms with van der Waals surface area (Å²) in [5, 5.41) is 7.40. The molecule has 1 amide bonds. The Bertz CT molecular complexity index is 1090. The second kappa shape index (κ2) is 6.63. The molecule has 0 aliphatic carbocycles. The van der Waals surface area contributed by atoms with Crippen LogP contribution in [0.1, 0.15) is 46.2 Å². The lowest BCUT2D eigenvalue weighted by Gasteiger charge is -2.46. The lowest BCUT2D eigenvalue weighted by Crippen LogP contribution is -2.50. The van der Waals surface area contributed by atoms with Crippen molar-refractivity contribution in [2.45, 2.75) is 24.4 Å². The fraction of sp³-hybridized carbons (Fsp3) is 0.250. The number of hydrogen-bond acceptors (Lipinski definition) is 5. The van der Waals surface area contributed by atoms with Crippen LogP contribution in [0.25, 0.3) is 0 Å². The number of carbonyl (C=O) groups excluding carboxylic acids is 1. The molecule has 0 saturated heterocycles. The van der Waals surface area contributed by atoms with Gasteiger partial charge in [-0.1, -0.05) is 12.1 Å². The van der Waals surface area contributed by atoms with Gasteiger partial charge in [0.2, 0.25) is 5.91 Å². The number of aromatic nitrogens is 3. The van der Waals surface area contributed by atoms with Gasteiger partial charge in [0.15, 0.2) is 0 Å². The van der Waals surface area contributed by atoms with Crippen LogP contribution in [-0.2, 0) is 12.6 Å². The zero-order chi connectivity index (χ0) is 20.9. The SMILES string of the molecule is Cn1ncnc1[C@@H]1[C@@H](c2ccc(F)cc2)Nc2cc(F)cc(C(N)=O)c2C1(C)N. The van der Waals surface area contributed by atoms with Crippen molar-refractivity contribution in [3.8, 4) is 0 Å². The topological polar surface area (TPSA) is 112 Å². The summed E-state index contributed by atoms with van der Waals surface area (Å²) >= 11 is 0. The summed E-state index contributed by atoms with van der Waals surface area (Å²) in [6, 6.07) is 7.82. The van der Waals surface area contributed by atoms with Crippen molar-refractivity contribution in [2.75, 3.05) is 5.32 Å². The molecule has 1 aromatic heterocycles. The van der Waals surface area contributed by atoms with Crippen molar-refractivity contribution >= 4 is 11.6 Å². The van der Waals surface area contributed by atoms with Crippen molar-refractivity contribution in [3.05, 3.63) is 76.9 Å². The zero-order valence-electron chi connectivity index (χ0n) is 15.9. The summed E-state index contributed by atoms with van der Waals surface area (Å²) in [6.07, 6.45) is 1.41. The Balaban J connectivity index is 1.99. The molecule has 0 radical (unpaired) electrons. The second-order valence-corrected chi connectivity index (χ2v) is 7.42. The maximum absolute atomic E-state index is 14.2. The summed E-state index contributed by atoms with van der Waals surface area (Å²) in [7, 11) is 1.73. The lowest BCUT2D eigenvalue weighted by atomic mass is 9.69. The third-order valence-corrected chi connectivity index (χ3v) is 5.45. The number of amides is 1. The van der Waals surface area contributed by atoms with E-state index in [0.29, 0.717) is 17.1 Å². The summed E-state index contributed by atoms with van der Waals surface area (Å²) in [6.45, 7) is 1.74. The Morgan fingerprint density at radius 3 is 2.48 bits per heavy atom. The Hall–Kier alpha value is -3.33. The largest absolute Gasteiger partial charge is 0.377 e. The van der Waals surface area contributed by atoms with Crippen LogP contribution < -0.4 is 16.8 Å². The minimum absolute atomic E-state index is 0.00206. The molecule has 1 unspecified atom stereocenters. The first-order valence-electron chi connectivity index (χ1n) is 8.98. The maximum Gasteiger partial charge on any atom is 0.249 e. The molecular weight excluding hydrogens is 378 g/mol. The molecule has 0 saturated carbocycles. The minimum atomic E-state index is -1.17. The normalized spacial score (nSPS) is 23.3. The van der Waals surface area contributed by atoms with Gasteiger partial charge in [-0.2, -0.15) is 5.10 Å².